The summed E-state index contributed by atoms with van der Waals surface area (Å²) in [6.07, 6.45) is 2.45. The molecule has 7 heteroatoms. The van der Waals surface area contributed by atoms with Crippen molar-refractivity contribution in [1.29, 1.82) is 0 Å². The molecule has 1 aliphatic rings. The van der Waals surface area contributed by atoms with Gasteiger partial charge in [-0.15, -0.1) is 0 Å². The summed E-state index contributed by atoms with van der Waals surface area (Å²) < 4.78 is 0. The smallest absolute Gasteiger partial charge is 0.242 e. The molecule has 1 aromatic heterocycles. The van der Waals surface area contributed by atoms with Crippen LogP contribution in [0.15, 0.2) is 18.3 Å². The van der Waals surface area contributed by atoms with E-state index in [1.807, 2.05) is 6.92 Å². The Morgan fingerprint density at radius 1 is 1.33 bits per heavy atom. The van der Waals surface area contributed by atoms with Gasteiger partial charge in [-0.2, -0.15) is 0 Å². The Balaban J connectivity index is 2.06. The predicted octanol–water partition coefficient (Wildman–Crippen LogP) is 0.297. The molecule has 2 amide bonds. The molecule has 1 saturated heterocycles. The number of hydrogen-bond acceptors (Lipinski definition) is 4. The number of nitrogens with zero attached hydrogens (tertiary/aromatic N) is 3. The van der Waals surface area contributed by atoms with Crippen molar-refractivity contribution in [3.63, 3.8) is 0 Å². The van der Waals surface area contributed by atoms with Crippen molar-refractivity contribution in [2.45, 2.75) is 19.9 Å². The van der Waals surface area contributed by atoms with E-state index in [0.717, 1.165) is 12.0 Å². The molecular weight excluding hydrogens is 288 g/mol. The highest BCUT2D eigenvalue weighted by molar-refractivity contribution is 7.80. The summed E-state index contributed by atoms with van der Waals surface area (Å²) in [5, 5.41) is 0. The molecule has 0 radical (unpaired) electrons. The Hall–Kier alpha value is -2.02. The summed E-state index contributed by atoms with van der Waals surface area (Å²) in [6.45, 7) is 3.24. The first-order chi connectivity index (χ1) is 10.0. The molecule has 0 unspecified atom stereocenters. The van der Waals surface area contributed by atoms with Gasteiger partial charge in [0.2, 0.25) is 11.8 Å². The lowest BCUT2D eigenvalue weighted by molar-refractivity contribution is -0.150. The highest BCUT2D eigenvalue weighted by Crippen LogP contribution is 2.11. The molecule has 112 valence electrons. The van der Waals surface area contributed by atoms with Gasteiger partial charge in [0.1, 0.15) is 11.5 Å². The molecule has 6 nitrogen and oxygen atoms in total. The maximum atomic E-state index is 12.1. The highest BCUT2D eigenvalue weighted by Gasteiger charge is 2.29. The molecule has 1 aliphatic heterocycles. The van der Waals surface area contributed by atoms with Crippen molar-refractivity contribution in [2.24, 2.45) is 5.73 Å². The molecule has 2 heterocycles. The lowest BCUT2D eigenvalue weighted by Crippen LogP contribution is -2.53. The van der Waals surface area contributed by atoms with Gasteiger partial charge in [0.25, 0.3) is 0 Å². The van der Waals surface area contributed by atoms with E-state index in [9.17, 15) is 9.59 Å². The summed E-state index contributed by atoms with van der Waals surface area (Å²) in [7, 11) is 0. The van der Waals surface area contributed by atoms with Crippen molar-refractivity contribution in [2.75, 3.05) is 19.6 Å². The minimum atomic E-state index is -0.0447. The monoisotopic (exact) mass is 306 g/mol. The van der Waals surface area contributed by atoms with Gasteiger partial charge in [-0.3, -0.25) is 14.6 Å². The molecule has 2 N–H and O–H groups in total. The summed E-state index contributed by atoms with van der Waals surface area (Å²) in [5.74, 6) is -0.0585. The van der Waals surface area contributed by atoms with E-state index in [-0.39, 0.29) is 29.9 Å². The third-order valence-corrected chi connectivity index (χ3v) is 3.51. The molecule has 0 spiro atoms. The van der Waals surface area contributed by atoms with Crippen LogP contribution < -0.4 is 5.73 Å². The number of carbonyl (C=O) groups is 2. The summed E-state index contributed by atoms with van der Waals surface area (Å²) in [5.41, 5.74) is 6.92. The van der Waals surface area contributed by atoms with Crippen molar-refractivity contribution >= 4 is 29.0 Å². The molecule has 0 aliphatic carbocycles. The number of aromatic nitrogens is 1. The standard InChI is InChI=1S/C14H18N4O2S/c1-2-5-17-8-13(20)18(9-12(17)19)7-10-3-4-16-11(6-10)14(15)21/h3-4,6H,2,5,7-9H2,1H3,(H2,15,21). The van der Waals surface area contributed by atoms with Crippen LogP contribution in [0.25, 0.3) is 0 Å². The van der Waals surface area contributed by atoms with Gasteiger partial charge in [0.15, 0.2) is 0 Å². The number of hydrogen-bond donors (Lipinski definition) is 1. The van der Waals surface area contributed by atoms with Gasteiger partial charge in [-0.05, 0) is 24.1 Å². The Labute approximate surface area is 128 Å². The number of carbonyl (C=O) groups excluding carboxylic acids is 2. The third kappa shape index (κ3) is 3.75. The number of rotatable bonds is 5. The van der Waals surface area contributed by atoms with Gasteiger partial charge in [0, 0.05) is 19.3 Å². The normalized spacial score (nSPS) is 15.5. The first-order valence-electron chi connectivity index (χ1n) is 6.81. The number of thiocarbonyl (C=S) groups is 1. The molecule has 0 aromatic carbocycles. The van der Waals surface area contributed by atoms with Crippen LogP contribution in [0.1, 0.15) is 24.6 Å². The summed E-state index contributed by atoms with van der Waals surface area (Å²) >= 11 is 4.89. The van der Waals surface area contributed by atoms with Gasteiger partial charge in [-0.25, -0.2) is 0 Å². The van der Waals surface area contributed by atoms with E-state index >= 15 is 0 Å². The molecule has 2 rings (SSSR count). The van der Waals surface area contributed by atoms with Gasteiger partial charge >= 0.3 is 0 Å². The fourth-order valence-corrected chi connectivity index (χ4v) is 2.36. The zero-order chi connectivity index (χ0) is 15.4. The van der Waals surface area contributed by atoms with Crippen LogP contribution in [0.2, 0.25) is 0 Å². The number of pyridine rings is 1. The zero-order valence-corrected chi connectivity index (χ0v) is 12.7. The van der Waals surface area contributed by atoms with Crippen LogP contribution in [-0.4, -0.2) is 51.2 Å². The lowest BCUT2D eigenvalue weighted by atomic mass is 10.2. The van der Waals surface area contributed by atoms with Gasteiger partial charge in [0.05, 0.1) is 12.2 Å². The first-order valence-corrected chi connectivity index (χ1v) is 7.22. The number of amides is 2. The third-order valence-electron chi connectivity index (χ3n) is 3.30. The summed E-state index contributed by atoms with van der Waals surface area (Å²) in [6, 6.07) is 3.54. The molecule has 1 aromatic rings. The molecule has 1 fully saturated rings. The zero-order valence-electron chi connectivity index (χ0n) is 11.9. The maximum absolute atomic E-state index is 12.1. The molecule has 0 saturated carbocycles. The van der Waals surface area contributed by atoms with Crippen LogP contribution in [0.3, 0.4) is 0 Å². The number of piperazine rings is 1. The minimum absolute atomic E-state index is 0.0138. The lowest BCUT2D eigenvalue weighted by Gasteiger charge is -2.33. The Morgan fingerprint density at radius 2 is 2.00 bits per heavy atom. The maximum Gasteiger partial charge on any atom is 0.242 e. The minimum Gasteiger partial charge on any atom is -0.388 e. The number of nitrogens with two attached hydrogens (primary N) is 1. The van der Waals surface area contributed by atoms with Crippen molar-refractivity contribution < 1.29 is 9.59 Å². The Bertz CT molecular complexity index is 576. The van der Waals surface area contributed by atoms with E-state index in [1.54, 1.807) is 28.1 Å². The van der Waals surface area contributed by atoms with Crippen LogP contribution in [0.4, 0.5) is 0 Å². The fraction of sp³-hybridized carbons (Fsp3) is 0.429. The largest absolute Gasteiger partial charge is 0.388 e. The van der Waals surface area contributed by atoms with Crippen molar-refractivity contribution in [1.82, 2.24) is 14.8 Å². The van der Waals surface area contributed by atoms with Gasteiger partial charge in [-0.1, -0.05) is 19.1 Å². The molecule has 0 bridgehead atoms. The van der Waals surface area contributed by atoms with Crippen LogP contribution in [-0.2, 0) is 16.1 Å². The van der Waals surface area contributed by atoms with E-state index in [4.69, 9.17) is 18.0 Å². The van der Waals surface area contributed by atoms with E-state index in [0.29, 0.717) is 18.8 Å². The van der Waals surface area contributed by atoms with Crippen LogP contribution in [0, 0.1) is 0 Å². The predicted molar refractivity (Wildman–Crippen MR) is 82.4 cm³/mol. The molecule has 0 atom stereocenters. The van der Waals surface area contributed by atoms with Crippen molar-refractivity contribution in [3.05, 3.63) is 29.6 Å². The van der Waals surface area contributed by atoms with E-state index < -0.39 is 0 Å². The SMILES string of the molecule is CCCN1CC(=O)N(Cc2ccnc(C(N)=S)c2)CC1=O. The Morgan fingerprint density at radius 3 is 2.67 bits per heavy atom. The quantitative estimate of drug-likeness (QED) is 0.791. The van der Waals surface area contributed by atoms with Crippen LogP contribution in [0.5, 0.6) is 0 Å². The molecule has 21 heavy (non-hydrogen) atoms. The van der Waals surface area contributed by atoms with Crippen LogP contribution >= 0.6 is 12.2 Å². The highest BCUT2D eigenvalue weighted by atomic mass is 32.1. The fourth-order valence-electron chi connectivity index (χ4n) is 2.25. The average molecular weight is 306 g/mol. The first kappa shape index (κ1) is 15.4. The second-order valence-corrected chi connectivity index (χ2v) is 5.42. The van der Waals surface area contributed by atoms with E-state index in [2.05, 4.69) is 4.98 Å². The summed E-state index contributed by atoms with van der Waals surface area (Å²) in [4.78, 5) is 31.5. The topological polar surface area (TPSA) is 79.5 Å². The van der Waals surface area contributed by atoms with Crippen molar-refractivity contribution in [3.8, 4) is 0 Å². The molecular formula is C14H18N4O2S. The second kappa shape index (κ2) is 6.62. The van der Waals surface area contributed by atoms with E-state index in [1.165, 1.54) is 0 Å². The van der Waals surface area contributed by atoms with Gasteiger partial charge < -0.3 is 15.5 Å². The second-order valence-electron chi connectivity index (χ2n) is 4.98. The Kier molecular flexibility index (Phi) is 4.85. The average Bonchev–Trinajstić information content (AvgIpc) is 2.45.